The largest absolute Gasteiger partial charge is 0.396 e. The lowest BCUT2D eigenvalue weighted by Gasteiger charge is -2.17. The molecule has 0 aliphatic heterocycles. The number of urea groups is 1. The van der Waals surface area contributed by atoms with Gasteiger partial charge in [0, 0.05) is 30.9 Å². The Morgan fingerprint density at radius 1 is 1.28 bits per heavy atom. The molecule has 1 rings (SSSR count). The van der Waals surface area contributed by atoms with Crippen LogP contribution in [0.25, 0.3) is 0 Å². The van der Waals surface area contributed by atoms with Gasteiger partial charge in [-0.15, -0.1) is 0 Å². The normalized spacial score (nSPS) is 10.2. The van der Waals surface area contributed by atoms with Crippen LogP contribution in [0.2, 0.25) is 5.02 Å². The van der Waals surface area contributed by atoms with Crippen LogP contribution in [0.5, 0.6) is 0 Å². The van der Waals surface area contributed by atoms with Crippen molar-refractivity contribution in [1.29, 1.82) is 0 Å². The Morgan fingerprint density at radius 2 is 1.94 bits per heavy atom. The van der Waals surface area contributed by atoms with Gasteiger partial charge in [-0.1, -0.05) is 11.6 Å². The minimum atomic E-state index is -0.138. The number of unbranched alkanes of at least 4 members (excludes halogenated alkanes) is 2. The number of anilines is 1. The van der Waals surface area contributed by atoms with Gasteiger partial charge >= 0.3 is 6.03 Å². The average Bonchev–Trinajstić information content (AvgIpc) is 2.37. The zero-order valence-electron chi connectivity index (χ0n) is 10.5. The van der Waals surface area contributed by atoms with Crippen LogP contribution in [0, 0.1) is 0 Å². The summed E-state index contributed by atoms with van der Waals surface area (Å²) in [7, 11) is 1.75. The summed E-state index contributed by atoms with van der Waals surface area (Å²) in [5.41, 5.74) is 0.728. The number of benzene rings is 1. The van der Waals surface area contributed by atoms with Crippen molar-refractivity contribution in [3.8, 4) is 0 Å². The summed E-state index contributed by atoms with van der Waals surface area (Å²) in [5.74, 6) is 0. The number of nitrogens with one attached hydrogen (secondary N) is 1. The summed E-state index contributed by atoms with van der Waals surface area (Å²) >= 11 is 5.77. The summed E-state index contributed by atoms with van der Waals surface area (Å²) in [6.45, 7) is 0.889. The fraction of sp³-hybridized carbons (Fsp3) is 0.462. The number of aliphatic hydroxyl groups is 1. The van der Waals surface area contributed by atoms with Gasteiger partial charge in [-0.25, -0.2) is 4.79 Å². The smallest absolute Gasteiger partial charge is 0.321 e. The molecule has 0 spiro atoms. The molecule has 0 aliphatic rings. The highest BCUT2D eigenvalue weighted by atomic mass is 35.5. The maximum atomic E-state index is 11.8. The summed E-state index contributed by atoms with van der Waals surface area (Å²) < 4.78 is 0. The molecule has 5 heteroatoms. The van der Waals surface area contributed by atoms with Crippen molar-refractivity contribution in [2.45, 2.75) is 19.3 Å². The molecule has 0 saturated heterocycles. The number of halogens is 1. The first-order valence-electron chi connectivity index (χ1n) is 6.02. The Hall–Kier alpha value is -1.26. The van der Waals surface area contributed by atoms with Crippen molar-refractivity contribution in [2.24, 2.45) is 0 Å². The molecule has 0 fully saturated rings. The van der Waals surface area contributed by atoms with Crippen molar-refractivity contribution in [3.63, 3.8) is 0 Å². The minimum Gasteiger partial charge on any atom is -0.396 e. The molecule has 0 aromatic heterocycles. The molecule has 100 valence electrons. The predicted molar refractivity (Wildman–Crippen MR) is 74.0 cm³/mol. The van der Waals surface area contributed by atoms with E-state index in [9.17, 15) is 4.79 Å². The van der Waals surface area contributed by atoms with Gasteiger partial charge in [-0.3, -0.25) is 0 Å². The van der Waals surface area contributed by atoms with Crippen LogP contribution in [-0.4, -0.2) is 36.2 Å². The zero-order valence-corrected chi connectivity index (χ0v) is 11.3. The number of carbonyl (C=O) groups excluding carboxylic acids is 1. The molecule has 0 aliphatic carbocycles. The van der Waals surface area contributed by atoms with Crippen molar-refractivity contribution in [3.05, 3.63) is 29.3 Å². The van der Waals surface area contributed by atoms with Gasteiger partial charge in [0.05, 0.1) is 0 Å². The van der Waals surface area contributed by atoms with E-state index in [-0.39, 0.29) is 12.6 Å². The van der Waals surface area contributed by atoms with E-state index in [1.807, 2.05) is 0 Å². The van der Waals surface area contributed by atoms with E-state index in [4.69, 9.17) is 16.7 Å². The Morgan fingerprint density at radius 3 is 2.56 bits per heavy atom. The molecule has 0 saturated carbocycles. The van der Waals surface area contributed by atoms with Gasteiger partial charge in [0.1, 0.15) is 0 Å². The lowest BCUT2D eigenvalue weighted by atomic mass is 10.2. The molecule has 2 amide bonds. The monoisotopic (exact) mass is 270 g/mol. The van der Waals surface area contributed by atoms with E-state index in [1.165, 1.54) is 0 Å². The fourth-order valence-electron chi connectivity index (χ4n) is 1.49. The van der Waals surface area contributed by atoms with Crippen LogP contribution in [0.15, 0.2) is 24.3 Å². The third kappa shape index (κ3) is 5.38. The molecule has 0 heterocycles. The first-order chi connectivity index (χ1) is 8.63. The lowest BCUT2D eigenvalue weighted by molar-refractivity contribution is 0.220. The third-order valence-corrected chi connectivity index (χ3v) is 2.85. The second-order valence-corrected chi connectivity index (χ2v) is 4.58. The lowest BCUT2D eigenvalue weighted by Crippen LogP contribution is -2.32. The van der Waals surface area contributed by atoms with Crippen LogP contribution >= 0.6 is 11.6 Å². The van der Waals surface area contributed by atoms with Crippen molar-refractivity contribution >= 4 is 23.3 Å². The number of hydrogen-bond acceptors (Lipinski definition) is 2. The number of nitrogens with zero attached hydrogens (tertiary/aromatic N) is 1. The minimum absolute atomic E-state index is 0.138. The Bertz CT molecular complexity index is 368. The second-order valence-electron chi connectivity index (χ2n) is 4.14. The first kappa shape index (κ1) is 14.8. The van der Waals surface area contributed by atoms with Crippen LogP contribution in [0.4, 0.5) is 10.5 Å². The zero-order chi connectivity index (χ0) is 13.4. The average molecular weight is 271 g/mol. The number of rotatable bonds is 6. The first-order valence-corrected chi connectivity index (χ1v) is 6.40. The van der Waals surface area contributed by atoms with E-state index in [0.717, 1.165) is 24.9 Å². The molecule has 0 atom stereocenters. The highest BCUT2D eigenvalue weighted by Crippen LogP contribution is 2.13. The molecular formula is C13H19ClN2O2. The standard InChI is InChI=1S/C13H19ClN2O2/c1-16(9-3-2-4-10-17)13(18)15-12-7-5-11(14)6-8-12/h5-8,17H,2-4,9-10H2,1H3,(H,15,18). The van der Waals surface area contributed by atoms with Crippen LogP contribution in [0.1, 0.15) is 19.3 Å². The third-order valence-electron chi connectivity index (χ3n) is 2.59. The maximum absolute atomic E-state index is 11.8. The number of aliphatic hydroxyl groups excluding tert-OH is 1. The molecule has 0 radical (unpaired) electrons. The highest BCUT2D eigenvalue weighted by molar-refractivity contribution is 6.30. The topological polar surface area (TPSA) is 52.6 Å². The SMILES string of the molecule is CN(CCCCCO)C(=O)Nc1ccc(Cl)cc1. The predicted octanol–water partition coefficient (Wildman–Crippen LogP) is 2.97. The molecule has 1 aromatic carbocycles. The highest BCUT2D eigenvalue weighted by Gasteiger charge is 2.07. The van der Waals surface area contributed by atoms with Gasteiger partial charge in [0.15, 0.2) is 0 Å². The summed E-state index contributed by atoms with van der Waals surface area (Å²) in [6.07, 6.45) is 2.60. The van der Waals surface area contributed by atoms with Gasteiger partial charge in [-0.2, -0.15) is 0 Å². The van der Waals surface area contributed by atoms with E-state index < -0.39 is 0 Å². The molecule has 0 bridgehead atoms. The molecule has 0 unspecified atom stereocenters. The van der Waals surface area contributed by atoms with Gasteiger partial charge in [0.2, 0.25) is 0 Å². The van der Waals surface area contributed by atoms with E-state index >= 15 is 0 Å². The van der Waals surface area contributed by atoms with E-state index in [0.29, 0.717) is 11.6 Å². The summed E-state index contributed by atoms with van der Waals surface area (Å²) in [5, 5.41) is 12.1. The fourth-order valence-corrected chi connectivity index (χ4v) is 1.62. The molecule has 2 N–H and O–H groups in total. The number of amides is 2. The van der Waals surface area contributed by atoms with E-state index in [2.05, 4.69) is 5.32 Å². The molecular weight excluding hydrogens is 252 g/mol. The summed E-state index contributed by atoms with van der Waals surface area (Å²) in [4.78, 5) is 13.4. The number of hydrogen-bond donors (Lipinski definition) is 2. The second kappa shape index (κ2) is 7.95. The summed E-state index contributed by atoms with van der Waals surface area (Å²) in [6, 6.07) is 6.86. The van der Waals surface area contributed by atoms with Crippen molar-refractivity contribution in [1.82, 2.24) is 4.90 Å². The van der Waals surface area contributed by atoms with Crippen molar-refractivity contribution < 1.29 is 9.90 Å². The van der Waals surface area contributed by atoms with Gasteiger partial charge < -0.3 is 15.3 Å². The van der Waals surface area contributed by atoms with Crippen molar-refractivity contribution in [2.75, 3.05) is 25.5 Å². The quantitative estimate of drug-likeness (QED) is 0.781. The van der Waals surface area contributed by atoms with Gasteiger partial charge in [0.25, 0.3) is 0 Å². The Kier molecular flexibility index (Phi) is 6.54. The molecule has 4 nitrogen and oxygen atoms in total. The number of carbonyl (C=O) groups is 1. The molecule has 1 aromatic rings. The molecule has 18 heavy (non-hydrogen) atoms. The van der Waals surface area contributed by atoms with Crippen LogP contribution in [-0.2, 0) is 0 Å². The van der Waals surface area contributed by atoms with Gasteiger partial charge in [-0.05, 0) is 43.5 Å². The van der Waals surface area contributed by atoms with Crippen LogP contribution in [0.3, 0.4) is 0 Å². The Labute approximate surface area is 113 Å². The Balaban J connectivity index is 2.33. The van der Waals surface area contributed by atoms with E-state index in [1.54, 1.807) is 36.2 Å². The van der Waals surface area contributed by atoms with Crippen LogP contribution < -0.4 is 5.32 Å². The maximum Gasteiger partial charge on any atom is 0.321 e.